The summed E-state index contributed by atoms with van der Waals surface area (Å²) < 4.78 is 4.87. The van der Waals surface area contributed by atoms with E-state index in [1.54, 1.807) is 18.4 Å². The molecule has 0 saturated heterocycles. The maximum Gasteiger partial charge on any atom is 0.152 e. The zero-order chi connectivity index (χ0) is 5.98. The Morgan fingerprint density at radius 1 is 1.56 bits per heavy atom. The molecule has 2 nitrogen and oxygen atoms in total. The van der Waals surface area contributed by atoms with E-state index in [1.165, 1.54) is 0 Å². The van der Waals surface area contributed by atoms with Gasteiger partial charge in [0.05, 0.1) is 12.8 Å². The summed E-state index contributed by atoms with van der Waals surface area (Å²) in [7, 11) is 1.61. The molecule has 9 heavy (non-hydrogen) atoms. The van der Waals surface area contributed by atoms with E-state index in [1.807, 2.05) is 10.8 Å². The molecule has 2 N–H and O–H groups in total. The number of hydrogen-bond acceptors (Lipinski definition) is 3. The summed E-state index contributed by atoms with van der Waals surface area (Å²) in [5, 5.41) is 3.72. The second kappa shape index (κ2) is 3.58. The van der Waals surface area contributed by atoms with Gasteiger partial charge in [0.1, 0.15) is 0 Å². The van der Waals surface area contributed by atoms with Crippen molar-refractivity contribution in [3.05, 3.63) is 10.8 Å². The molecule has 1 heterocycles. The molecular weight excluding hydrogens is 158 g/mol. The Balaban J connectivity index is 0.000000640. The Morgan fingerprint density at radius 3 is 2.44 bits per heavy atom. The quantitative estimate of drug-likeness (QED) is 0.689. The van der Waals surface area contributed by atoms with Crippen LogP contribution < -0.4 is 10.5 Å². The minimum absolute atomic E-state index is 0. The zero-order valence-corrected chi connectivity index (χ0v) is 6.59. The normalized spacial score (nSPS) is 8.11. The average Bonchev–Trinajstić information content (AvgIpc) is 2.14. The standard InChI is InChI=1S/C5H7NOS.ClH/c1-7-5-3-8-2-4(5)6;/h2-3H,6H2,1H3;1H. The maximum absolute atomic E-state index is 5.44. The van der Waals surface area contributed by atoms with Crippen LogP contribution in [-0.4, -0.2) is 7.11 Å². The predicted molar refractivity (Wildman–Crippen MR) is 42.5 cm³/mol. The molecule has 0 aliphatic heterocycles. The zero-order valence-electron chi connectivity index (χ0n) is 4.96. The number of methoxy groups -OCH3 is 1. The molecule has 1 rings (SSSR count). The highest BCUT2D eigenvalue weighted by Gasteiger charge is 1.94. The Labute approximate surface area is 64.0 Å². The fourth-order valence-electron chi connectivity index (χ4n) is 0.461. The van der Waals surface area contributed by atoms with Crippen molar-refractivity contribution in [2.24, 2.45) is 0 Å². The SMILES string of the molecule is COc1cscc1N.Cl. The third-order valence-electron chi connectivity index (χ3n) is 0.875. The van der Waals surface area contributed by atoms with Gasteiger partial charge in [-0.1, -0.05) is 0 Å². The largest absolute Gasteiger partial charge is 0.494 e. The molecule has 0 amide bonds. The smallest absolute Gasteiger partial charge is 0.152 e. The molecular formula is C5H8ClNOS. The summed E-state index contributed by atoms with van der Waals surface area (Å²) in [5.74, 6) is 0.773. The molecule has 0 fully saturated rings. The molecule has 1 aromatic rings. The van der Waals surface area contributed by atoms with Crippen molar-refractivity contribution in [1.82, 2.24) is 0 Å². The molecule has 1 aromatic heterocycles. The molecule has 0 bridgehead atoms. The van der Waals surface area contributed by atoms with Gasteiger partial charge in [-0.25, -0.2) is 0 Å². The monoisotopic (exact) mass is 165 g/mol. The van der Waals surface area contributed by atoms with Crippen molar-refractivity contribution in [3.8, 4) is 5.75 Å². The lowest BCUT2D eigenvalue weighted by molar-refractivity contribution is 0.419. The maximum atomic E-state index is 5.44. The van der Waals surface area contributed by atoms with Crippen molar-refractivity contribution >= 4 is 29.4 Å². The van der Waals surface area contributed by atoms with Crippen LogP contribution >= 0.6 is 23.7 Å². The van der Waals surface area contributed by atoms with Gasteiger partial charge >= 0.3 is 0 Å². The lowest BCUT2D eigenvalue weighted by atomic mass is 10.5. The topological polar surface area (TPSA) is 35.2 Å². The fourth-order valence-corrected chi connectivity index (χ4v) is 1.15. The Morgan fingerprint density at radius 2 is 2.22 bits per heavy atom. The summed E-state index contributed by atoms with van der Waals surface area (Å²) in [4.78, 5) is 0. The van der Waals surface area contributed by atoms with Crippen LogP contribution in [0.3, 0.4) is 0 Å². The second-order valence-corrected chi connectivity index (χ2v) is 2.14. The minimum Gasteiger partial charge on any atom is -0.494 e. The lowest BCUT2D eigenvalue weighted by Crippen LogP contribution is -1.85. The van der Waals surface area contributed by atoms with E-state index in [2.05, 4.69) is 0 Å². The van der Waals surface area contributed by atoms with Crippen molar-refractivity contribution in [1.29, 1.82) is 0 Å². The number of hydrogen-bond donors (Lipinski definition) is 1. The molecule has 0 unspecified atom stereocenters. The van der Waals surface area contributed by atoms with E-state index >= 15 is 0 Å². The van der Waals surface area contributed by atoms with Crippen LogP contribution in [0.15, 0.2) is 10.8 Å². The molecule has 0 radical (unpaired) electrons. The number of ether oxygens (including phenoxy) is 1. The molecule has 0 saturated carbocycles. The van der Waals surface area contributed by atoms with Gasteiger partial charge in [-0.3, -0.25) is 0 Å². The van der Waals surface area contributed by atoms with E-state index in [0.717, 1.165) is 11.4 Å². The molecule has 52 valence electrons. The molecule has 4 heteroatoms. The number of halogens is 1. The van der Waals surface area contributed by atoms with Crippen LogP contribution in [0.5, 0.6) is 5.75 Å². The highest BCUT2D eigenvalue weighted by atomic mass is 35.5. The van der Waals surface area contributed by atoms with E-state index in [0.29, 0.717) is 0 Å². The molecule has 0 aliphatic rings. The molecule has 0 aromatic carbocycles. The Hall–Kier alpha value is -0.410. The Bertz CT molecular complexity index is 177. The first-order chi connectivity index (χ1) is 3.84. The first kappa shape index (κ1) is 8.59. The third kappa shape index (κ3) is 1.77. The molecule has 0 spiro atoms. The van der Waals surface area contributed by atoms with Gasteiger partial charge < -0.3 is 10.5 Å². The van der Waals surface area contributed by atoms with Gasteiger partial charge in [0, 0.05) is 10.8 Å². The summed E-state index contributed by atoms with van der Waals surface area (Å²) in [6.45, 7) is 0. The highest BCUT2D eigenvalue weighted by Crippen LogP contribution is 2.24. The van der Waals surface area contributed by atoms with E-state index in [-0.39, 0.29) is 12.4 Å². The van der Waals surface area contributed by atoms with Gasteiger partial charge in [0.25, 0.3) is 0 Å². The van der Waals surface area contributed by atoms with Crippen molar-refractivity contribution in [3.63, 3.8) is 0 Å². The van der Waals surface area contributed by atoms with Gasteiger partial charge in [-0.2, -0.15) is 0 Å². The summed E-state index contributed by atoms with van der Waals surface area (Å²) in [6.07, 6.45) is 0. The Kier molecular flexibility index (Phi) is 3.42. The number of nitrogen functional groups attached to an aromatic ring is 1. The molecule has 0 aliphatic carbocycles. The van der Waals surface area contributed by atoms with Crippen LogP contribution in [0, 0.1) is 0 Å². The van der Waals surface area contributed by atoms with Crippen LogP contribution in [-0.2, 0) is 0 Å². The van der Waals surface area contributed by atoms with Crippen LogP contribution in [0.25, 0.3) is 0 Å². The van der Waals surface area contributed by atoms with E-state index < -0.39 is 0 Å². The lowest BCUT2D eigenvalue weighted by Gasteiger charge is -1.92. The fraction of sp³-hybridized carbons (Fsp3) is 0.200. The number of anilines is 1. The first-order valence-corrected chi connectivity index (χ1v) is 3.14. The average molecular weight is 166 g/mol. The highest BCUT2D eigenvalue weighted by molar-refractivity contribution is 7.08. The minimum atomic E-state index is 0. The van der Waals surface area contributed by atoms with Crippen LogP contribution in [0.2, 0.25) is 0 Å². The van der Waals surface area contributed by atoms with Crippen LogP contribution in [0.4, 0.5) is 5.69 Å². The second-order valence-electron chi connectivity index (χ2n) is 1.40. The summed E-state index contributed by atoms with van der Waals surface area (Å²) in [6, 6.07) is 0. The number of nitrogens with two attached hydrogens (primary N) is 1. The van der Waals surface area contributed by atoms with Crippen molar-refractivity contribution in [2.45, 2.75) is 0 Å². The van der Waals surface area contributed by atoms with Crippen molar-refractivity contribution < 1.29 is 4.74 Å². The van der Waals surface area contributed by atoms with Gasteiger partial charge in [0.15, 0.2) is 5.75 Å². The van der Waals surface area contributed by atoms with Crippen LogP contribution in [0.1, 0.15) is 0 Å². The molecule has 0 atom stereocenters. The van der Waals surface area contributed by atoms with Crippen molar-refractivity contribution in [2.75, 3.05) is 12.8 Å². The summed E-state index contributed by atoms with van der Waals surface area (Å²) >= 11 is 1.54. The number of thiophene rings is 1. The van der Waals surface area contributed by atoms with E-state index in [4.69, 9.17) is 10.5 Å². The summed E-state index contributed by atoms with van der Waals surface area (Å²) in [5.41, 5.74) is 6.16. The van der Waals surface area contributed by atoms with E-state index in [9.17, 15) is 0 Å². The first-order valence-electron chi connectivity index (χ1n) is 2.20. The third-order valence-corrected chi connectivity index (χ3v) is 1.61. The van der Waals surface area contributed by atoms with Gasteiger partial charge in [-0.15, -0.1) is 23.7 Å². The van der Waals surface area contributed by atoms with Gasteiger partial charge in [-0.05, 0) is 0 Å². The van der Waals surface area contributed by atoms with Gasteiger partial charge in [0.2, 0.25) is 0 Å². The number of rotatable bonds is 1. The predicted octanol–water partition coefficient (Wildman–Crippen LogP) is 1.76.